The van der Waals surface area contributed by atoms with Crippen LogP contribution in [0.15, 0.2) is 35.5 Å². The van der Waals surface area contributed by atoms with E-state index in [2.05, 4.69) is 21.5 Å². The van der Waals surface area contributed by atoms with Crippen molar-refractivity contribution >= 4 is 11.4 Å². The van der Waals surface area contributed by atoms with Gasteiger partial charge in [-0.2, -0.15) is 0 Å². The Kier molecular flexibility index (Phi) is 6.63. The minimum Gasteiger partial charge on any atom is -0.379 e. The van der Waals surface area contributed by atoms with Gasteiger partial charge in [0.05, 0.1) is 0 Å². The van der Waals surface area contributed by atoms with Crippen molar-refractivity contribution in [2.75, 3.05) is 5.73 Å². The molecular weight excluding hydrogens is 190 g/mol. The van der Waals surface area contributed by atoms with Crippen LogP contribution in [0.5, 0.6) is 0 Å². The Hall–Kier alpha value is -1.84. The minimum atomic E-state index is 0.293. The summed E-state index contributed by atoms with van der Waals surface area (Å²) in [7, 11) is 0. The lowest BCUT2D eigenvalue weighted by atomic mass is 10.1. The predicted octanol–water partition coefficient (Wildman–Crippen LogP) is 2.82. The van der Waals surface area contributed by atoms with Crippen LogP contribution in [-0.4, -0.2) is 10.3 Å². The third kappa shape index (κ3) is 3.81. The SMILES string of the molecule is C=C/C=C\C(=C/C)c1nonc1N.CC. The summed E-state index contributed by atoms with van der Waals surface area (Å²) in [6.45, 7) is 9.45. The number of hydrogen-bond donors (Lipinski definition) is 1. The van der Waals surface area contributed by atoms with E-state index in [1.165, 1.54) is 0 Å². The van der Waals surface area contributed by atoms with Crippen molar-refractivity contribution < 1.29 is 4.63 Å². The Balaban J connectivity index is 0.000000921. The molecule has 1 aromatic heterocycles. The Labute approximate surface area is 90.1 Å². The first-order chi connectivity index (χ1) is 7.29. The minimum absolute atomic E-state index is 0.293. The lowest BCUT2D eigenvalue weighted by Gasteiger charge is -1.93. The molecule has 4 nitrogen and oxygen atoms in total. The average molecular weight is 207 g/mol. The van der Waals surface area contributed by atoms with Crippen LogP contribution in [0, 0.1) is 0 Å². The van der Waals surface area contributed by atoms with Gasteiger partial charge in [0.15, 0.2) is 11.5 Å². The number of hydrogen-bond acceptors (Lipinski definition) is 4. The molecule has 82 valence electrons. The maximum atomic E-state index is 5.52. The van der Waals surface area contributed by atoms with Crippen molar-refractivity contribution in [1.29, 1.82) is 0 Å². The number of nitrogens with zero attached hydrogens (tertiary/aromatic N) is 2. The van der Waals surface area contributed by atoms with E-state index in [4.69, 9.17) is 5.73 Å². The standard InChI is InChI=1S/C9H11N3O.C2H6/c1-3-5-6-7(4-2)8-9(10)12-13-11-8;1-2/h3-6H,1H2,2H3,(H2,10,12);1-2H3/b6-5-,7-4+;. The van der Waals surface area contributed by atoms with Crippen molar-refractivity contribution in [1.82, 2.24) is 10.3 Å². The molecule has 1 rings (SSSR count). The zero-order valence-electron chi connectivity index (χ0n) is 9.40. The van der Waals surface area contributed by atoms with Gasteiger partial charge in [-0.3, -0.25) is 0 Å². The van der Waals surface area contributed by atoms with Gasteiger partial charge >= 0.3 is 0 Å². The molecule has 0 fully saturated rings. The highest BCUT2D eigenvalue weighted by molar-refractivity contribution is 5.76. The van der Waals surface area contributed by atoms with Crippen LogP contribution in [0.3, 0.4) is 0 Å². The molecule has 0 spiro atoms. The number of rotatable bonds is 3. The second-order valence-corrected chi connectivity index (χ2v) is 2.34. The fourth-order valence-electron chi connectivity index (χ4n) is 0.879. The highest BCUT2D eigenvalue weighted by atomic mass is 16.6. The summed E-state index contributed by atoms with van der Waals surface area (Å²) in [5.41, 5.74) is 6.94. The first kappa shape index (κ1) is 13.2. The van der Waals surface area contributed by atoms with E-state index >= 15 is 0 Å². The van der Waals surface area contributed by atoms with Gasteiger partial charge in [0.2, 0.25) is 0 Å². The Bertz CT molecular complexity index is 350. The van der Waals surface area contributed by atoms with E-state index in [1.807, 2.05) is 32.9 Å². The lowest BCUT2D eigenvalue weighted by molar-refractivity contribution is 0.308. The lowest BCUT2D eigenvalue weighted by Crippen LogP contribution is -1.90. The van der Waals surface area contributed by atoms with Gasteiger partial charge in [-0.15, -0.1) is 0 Å². The highest BCUT2D eigenvalue weighted by Crippen LogP contribution is 2.18. The normalized spacial score (nSPS) is 11.0. The molecule has 0 aliphatic heterocycles. The molecule has 1 aromatic rings. The van der Waals surface area contributed by atoms with Crippen LogP contribution >= 0.6 is 0 Å². The van der Waals surface area contributed by atoms with Gasteiger partial charge in [0.25, 0.3) is 0 Å². The summed E-state index contributed by atoms with van der Waals surface area (Å²) in [5, 5.41) is 7.16. The van der Waals surface area contributed by atoms with Gasteiger partial charge in [0, 0.05) is 5.57 Å². The summed E-state index contributed by atoms with van der Waals surface area (Å²) >= 11 is 0. The summed E-state index contributed by atoms with van der Waals surface area (Å²) in [6, 6.07) is 0. The van der Waals surface area contributed by atoms with E-state index in [1.54, 1.807) is 12.2 Å². The molecule has 0 aliphatic carbocycles. The fourth-order valence-corrected chi connectivity index (χ4v) is 0.879. The van der Waals surface area contributed by atoms with Crippen molar-refractivity contribution in [3.8, 4) is 0 Å². The second-order valence-electron chi connectivity index (χ2n) is 2.34. The molecular formula is C11H17N3O. The summed E-state index contributed by atoms with van der Waals surface area (Å²) in [5.74, 6) is 0.293. The summed E-state index contributed by atoms with van der Waals surface area (Å²) < 4.78 is 4.48. The number of nitrogen functional groups attached to an aromatic ring is 1. The number of aromatic nitrogens is 2. The van der Waals surface area contributed by atoms with Crippen molar-refractivity contribution in [3.63, 3.8) is 0 Å². The third-order valence-corrected chi connectivity index (χ3v) is 1.51. The van der Waals surface area contributed by atoms with Gasteiger partial charge in [-0.25, -0.2) is 4.63 Å². The highest BCUT2D eigenvalue weighted by Gasteiger charge is 2.07. The molecule has 0 radical (unpaired) electrons. The largest absolute Gasteiger partial charge is 0.379 e. The fraction of sp³-hybridized carbons (Fsp3) is 0.273. The molecule has 15 heavy (non-hydrogen) atoms. The molecule has 0 saturated heterocycles. The maximum Gasteiger partial charge on any atom is 0.196 e. The molecule has 0 unspecified atom stereocenters. The van der Waals surface area contributed by atoms with Gasteiger partial charge in [0.1, 0.15) is 0 Å². The Morgan fingerprint density at radius 1 is 1.40 bits per heavy atom. The van der Waals surface area contributed by atoms with E-state index in [0.29, 0.717) is 11.5 Å². The van der Waals surface area contributed by atoms with Crippen LogP contribution in [0.1, 0.15) is 26.5 Å². The van der Waals surface area contributed by atoms with E-state index in [0.717, 1.165) is 5.57 Å². The molecule has 0 bridgehead atoms. The molecule has 0 aliphatic rings. The monoisotopic (exact) mass is 207 g/mol. The molecule has 4 heteroatoms. The molecule has 0 aromatic carbocycles. The Morgan fingerprint density at radius 3 is 2.47 bits per heavy atom. The topological polar surface area (TPSA) is 64.9 Å². The third-order valence-electron chi connectivity index (χ3n) is 1.51. The quantitative estimate of drug-likeness (QED) is 0.774. The van der Waals surface area contributed by atoms with E-state index in [-0.39, 0.29) is 0 Å². The Morgan fingerprint density at radius 2 is 2.07 bits per heavy atom. The van der Waals surface area contributed by atoms with E-state index < -0.39 is 0 Å². The number of allylic oxidation sites excluding steroid dienone is 5. The predicted molar refractivity (Wildman–Crippen MR) is 63.0 cm³/mol. The zero-order chi connectivity index (χ0) is 11.7. The van der Waals surface area contributed by atoms with Crippen molar-refractivity contribution in [2.24, 2.45) is 0 Å². The molecule has 1 heterocycles. The first-order valence-electron chi connectivity index (χ1n) is 4.83. The molecule has 2 N–H and O–H groups in total. The van der Waals surface area contributed by atoms with Crippen LogP contribution in [-0.2, 0) is 0 Å². The van der Waals surface area contributed by atoms with Crippen LogP contribution in [0.2, 0.25) is 0 Å². The zero-order valence-corrected chi connectivity index (χ0v) is 9.40. The average Bonchev–Trinajstić information content (AvgIpc) is 2.69. The van der Waals surface area contributed by atoms with Crippen molar-refractivity contribution in [3.05, 3.63) is 36.6 Å². The molecule has 0 saturated carbocycles. The van der Waals surface area contributed by atoms with Crippen LogP contribution in [0.25, 0.3) is 5.57 Å². The molecule has 0 amide bonds. The number of nitrogens with two attached hydrogens (primary N) is 1. The summed E-state index contributed by atoms with van der Waals surface area (Å²) in [6.07, 6.45) is 7.18. The van der Waals surface area contributed by atoms with Gasteiger partial charge < -0.3 is 5.73 Å². The molecule has 0 atom stereocenters. The summed E-state index contributed by atoms with van der Waals surface area (Å²) in [4.78, 5) is 0. The van der Waals surface area contributed by atoms with Gasteiger partial charge in [-0.05, 0) is 17.2 Å². The first-order valence-corrected chi connectivity index (χ1v) is 4.83. The van der Waals surface area contributed by atoms with Crippen LogP contribution in [0.4, 0.5) is 5.82 Å². The smallest absolute Gasteiger partial charge is 0.196 e. The van der Waals surface area contributed by atoms with Crippen molar-refractivity contribution in [2.45, 2.75) is 20.8 Å². The van der Waals surface area contributed by atoms with E-state index in [9.17, 15) is 0 Å². The maximum absolute atomic E-state index is 5.52. The second kappa shape index (κ2) is 7.55. The van der Waals surface area contributed by atoms with Gasteiger partial charge in [-0.1, -0.05) is 44.7 Å². The van der Waals surface area contributed by atoms with Crippen LogP contribution < -0.4 is 5.73 Å². The number of anilines is 1.